The van der Waals surface area contributed by atoms with Gasteiger partial charge >= 0.3 is 0 Å². The molecule has 1 atom stereocenters. The largest absolute Gasteiger partial charge is 0.355 e. The van der Waals surface area contributed by atoms with Crippen LogP contribution in [0.2, 0.25) is 0 Å². The van der Waals surface area contributed by atoms with E-state index in [9.17, 15) is 9.59 Å². The number of benzene rings is 2. The quantitative estimate of drug-likeness (QED) is 0.709. The molecule has 150 valence electrons. The van der Waals surface area contributed by atoms with Gasteiger partial charge in [0.15, 0.2) is 0 Å². The number of amides is 2. The Labute approximate surface area is 169 Å². The highest BCUT2D eigenvalue weighted by Crippen LogP contribution is 2.16. The zero-order chi connectivity index (χ0) is 20.5. The Kier molecular flexibility index (Phi) is 8.24. The lowest BCUT2D eigenvalue weighted by molar-refractivity contribution is -0.141. The van der Waals surface area contributed by atoms with Crippen LogP contribution in [-0.4, -0.2) is 29.3 Å². The zero-order valence-corrected chi connectivity index (χ0v) is 17.5. The number of hydrogen-bond donors (Lipinski definition) is 1. The summed E-state index contributed by atoms with van der Waals surface area (Å²) in [4.78, 5) is 27.5. The first-order valence-corrected chi connectivity index (χ1v) is 10.1. The molecule has 0 fully saturated rings. The van der Waals surface area contributed by atoms with Crippen LogP contribution in [0.25, 0.3) is 0 Å². The monoisotopic (exact) mass is 380 g/mol. The third-order valence-electron chi connectivity index (χ3n) is 4.92. The molecular formula is C24H32N2O2. The van der Waals surface area contributed by atoms with Gasteiger partial charge in [0.2, 0.25) is 11.8 Å². The van der Waals surface area contributed by atoms with E-state index in [0.717, 1.165) is 16.7 Å². The highest BCUT2D eigenvalue weighted by molar-refractivity contribution is 5.87. The molecule has 0 aliphatic carbocycles. The summed E-state index contributed by atoms with van der Waals surface area (Å²) in [5.41, 5.74) is 4.54. The van der Waals surface area contributed by atoms with E-state index in [1.165, 1.54) is 5.56 Å². The number of nitrogens with zero attached hydrogens (tertiary/aromatic N) is 1. The zero-order valence-electron chi connectivity index (χ0n) is 17.5. The lowest BCUT2D eigenvalue weighted by Crippen LogP contribution is -2.49. The van der Waals surface area contributed by atoms with Crippen LogP contribution >= 0.6 is 0 Å². The van der Waals surface area contributed by atoms with Crippen LogP contribution in [0.5, 0.6) is 0 Å². The minimum Gasteiger partial charge on any atom is -0.355 e. The van der Waals surface area contributed by atoms with Gasteiger partial charge in [0, 0.05) is 19.5 Å². The second kappa shape index (κ2) is 10.6. The molecule has 4 heteroatoms. The number of nitrogens with one attached hydrogen (secondary N) is 1. The Bertz CT molecular complexity index is 783. The number of rotatable bonds is 9. The maximum Gasteiger partial charge on any atom is 0.242 e. The molecule has 0 spiro atoms. The van der Waals surface area contributed by atoms with E-state index in [0.29, 0.717) is 32.4 Å². The second-order valence-corrected chi connectivity index (χ2v) is 7.31. The van der Waals surface area contributed by atoms with Gasteiger partial charge in [-0.15, -0.1) is 0 Å². The van der Waals surface area contributed by atoms with Gasteiger partial charge in [0.1, 0.15) is 6.04 Å². The molecule has 28 heavy (non-hydrogen) atoms. The fourth-order valence-corrected chi connectivity index (χ4v) is 3.37. The summed E-state index contributed by atoms with van der Waals surface area (Å²) in [6, 6.07) is 15.9. The fraction of sp³-hybridized carbons (Fsp3) is 0.417. The molecule has 0 aliphatic heterocycles. The highest BCUT2D eigenvalue weighted by Gasteiger charge is 2.28. The van der Waals surface area contributed by atoms with Gasteiger partial charge in [-0.2, -0.15) is 0 Å². The summed E-state index contributed by atoms with van der Waals surface area (Å²) >= 11 is 0. The van der Waals surface area contributed by atoms with Gasteiger partial charge < -0.3 is 10.2 Å². The van der Waals surface area contributed by atoms with Crippen molar-refractivity contribution in [1.29, 1.82) is 0 Å². The summed E-state index contributed by atoms with van der Waals surface area (Å²) in [6.45, 7) is 8.95. The van der Waals surface area contributed by atoms with Crippen molar-refractivity contribution in [1.82, 2.24) is 10.2 Å². The van der Waals surface area contributed by atoms with Gasteiger partial charge in [-0.25, -0.2) is 0 Å². The van der Waals surface area contributed by atoms with Crippen LogP contribution in [0.3, 0.4) is 0 Å². The van der Waals surface area contributed by atoms with Crippen molar-refractivity contribution < 1.29 is 9.59 Å². The molecule has 1 N–H and O–H groups in total. The van der Waals surface area contributed by atoms with Crippen LogP contribution in [0.4, 0.5) is 0 Å². The number of hydrogen-bond acceptors (Lipinski definition) is 2. The molecule has 1 unspecified atom stereocenters. The van der Waals surface area contributed by atoms with Gasteiger partial charge in [0.25, 0.3) is 0 Å². The number of carbonyl (C=O) groups is 2. The number of aryl methyl sites for hydroxylation is 3. The molecule has 0 saturated carbocycles. The van der Waals surface area contributed by atoms with Gasteiger partial charge in [-0.1, -0.05) is 66.6 Å². The molecule has 0 aromatic heterocycles. The fourth-order valence-electron chi connectivity index (χ4n) is 3.37. The minimum absolute atomic E-state index is 0.0141. The summed E-state index contributed by atoms with van der Waals surface area (Å²) in [6.07, 6.45) is 1.66. The van der Waals surface area contributed by atoms with E-state index < -0.39 is 6.04 Å². The average Bonchev–Trinajstić information content (AvgIpc) is 2.67. The Hall–Kier alpha value is -2.62. The molecule has 0 heterocycles. The van der Waals surface area contributed by atoms with Gasteiger partial charge in [-0.3, -0.25) is 9.59 Å². The van der Waals surface area contributed by atoms with E-state index in [4.69, 9.17) is 0 Å². The van der Waals surface area contributed by atoms with Crippen LogP contribution in [0.1, 0.15) is 48.9 Å². The molecule has 0 bridgehead atoms. The van der Waals surface area contributed by atoms with Gasteiger partial charge in [-0.05, 0) is 44.7 Å². The maximum absolute atomic E-state index is 13.1. The molecule has 2 rings (SSSR count). The van der Waals surface area contributed by atoms with E-state index in [2.05, 4.69) is 42.6 Å². The predicted molar refractivity (Wildman–Crippen MR) is 114 cm³/mol. The van der Waals surface area contributed by atoms with Crippen molar-refractivity contribution in [3.63, 3.8) is 0 Å². The molecular weight excluding hydrogens is 348 g/mol. The predicted octanol–water partition coefficient (Wildman–Crippen LogP) is 4.18. The molecule has 2 aromatic carbocycles. The van der Waals surface area contributed by atoms with Crippen molar-refractivity contribution in [3.8, 4) is 0 Å². The summed E-state index contributed by atoms with van der Waals surface area (Å²) < 4.78 is 0. The van der Waals surface area contributed by atoms with Crippen molar-refractivity contribution >= 4 is 11.8 Å². The van der Waals surface area contributed by atoms with Crippen LogP contribution in [0.15, 0.2) is 48.5 Å². The first-order valence-electron chi connectivity index (χ1n) is 10.1. The lowest BCUT2D eigenvalue weighted by atomic mass is 10.0. The second-order valence-electron chi connectivity index (χ2n) is 7.31. The van der Waals surface area contributed by atoms with Crippen molar-refractivity contribution in [2.45, 2.75) is 59.5 Å². The topological polar surface area (TPSA) is 49.4 Å². The van der Waals surface area contributed by atoms with Crippen molar-refractivity contribution in [2.24, 2.45) is 0 Å². The van der Waals surface area contributed by atoms with Crippen molar-refractivity contribution in [2.75, 3.05) is 6.54 Å². The molecule has 4 nitrogen and oxygen atoms in total. The van der Waals surface area contributed by atoms with Crippen LogP contribution in [-0.2, 0) is 22.6 Å². The van der Waals surface area contributed by atoms with E-state index >= 15 is 0 Å². The van der Waals surface area contributed by atoms with Gasteiger partial charge in [0.05, 0.1) is 0 Å². The molecule has 0 aliphatic rings. The van der Waals surface area contributed by atoms with Crippen LogP contribution < -0.4 is 5.32 Å². The number of carbonyl (C=O) groups excluding carboxylic acids is 2. The third kappa shape index (κ3) is 6.22. The summed E-state index contributed by atoms with van der Waals surface area (Å²) in [5, 5.41) is 2.88. The summed E-state index contributed by atoms with van der Waals surface area (Å²) in [7, 11) is 0. The average molecular weight is 381 g/mol. The molecule has 0 radical (unpaired) electrons. The normalized spacial score (nSPS) is 11.7. The minimum atomic E-state index is -0.453. The Morgan fingerprint density at radius 3 is 2.29 bits per heavy atom. The highest BCUT2D eigenvalue weighted by atomic mass is 16.2. The molecule has 0 saturated heterocycles. The van der Waals surface area contributed by atoms with E-state index in [1.54, 1.807) is 4.90 Å². The smallest absolute Gasteiger partial charge is 0.242 e. The first kappa shape index (κ1) is 21.7. The Morgan fingerprint density at radius 2 is 1.68 bits per heavy atom. The van der Waals surface area contributed by atoms with E-state index in [1.807, 2.05) is 39.0 Å². The molecule has 2 aromatic rings. The lowest BCUT2D eigenvalue weighted by Gasteiger charge is -2.30. The Balaban J connectivity index is 2.18. The summed E-state index contributed by atoms with van der Waals surface area (Å²) in [5.74, 6) is -0.0680. The Morgan fingerprint density at radius 1 is 0.964 bits per heavy atom. The van der Waals surface area contributed by atoms with E-state index in [-0.39, 0.29) is 11.8 Å². The first-order chi connectivity index (χ1) is 13.4. The van der Waals surface area contributed by atoms with Crippen molar-refractivity contribution in [3.05, 3.63) is 70.8 Å². The van der Waals surface area contributed by atoms with Crippen LogP contribution in [0, 0.1) is 13.8 Å². The SMILES string of the molecule is CCNC(=O)C(CC)N(Cc1cccc(C)c1)C(=O)CCc1ccc(C)cc1. The number of likely N-dealkylation sites (N-methyl/N-ethyl adjacent to an activating group) is 1. The standard InChI is InChI=1S/C24H32N2O2/c1-5-22(24(28)25-6-2)26(17-21-9-7-8-19(4)16-21)23(27)15-14-20-12-10-18(3)11-13-20/h7-13,16,22H,5-6,14-15,17H2,1-4H3,(H,25,28). The third-order valence-corrected chi connectivity index (χ3v) is 4.92. The maximum atomic E-state index is 13.1. The molecule has 2 amide bonds.